The predicted octanol–water partition coefficient (Wildman–Crippen LogP) is 0.226. The minimum atomic E-state index is -1.22. The van der Waals surface area contributed by atoms with Gasteiger partial charge in [-0.3, -0.25) is 4.90 Å². The highest BCUT2D eigenvalue weighted by Crippen LogP contribution is 2.30. The SMILES string of the molecule is O=Nc1cc(N2CCNCC2)ccc1NCCCCCCN1C[C@H](O)[C@@H](O)[C@H](O)[C@H]1CO. The van der Waals surface area contributed by atoms with E-state index < -0.39 is 24.4 Å². The fourth-order valence-electron chi connectivity index (χ4n) is 4.52. The highest BCUT2D eigenvalue weighted by Gasteiger charge is 2.40. The number of aliphatic hydroxyl groups excluding tert-OH is 4. The highest BCUT2D eigenvalue weighted by molar-refractivity contribution is 5.71. The standard InChI is InChI=1S/C22H37N5O5/c28-15-19-21(30)22(31)20(29)14-27(19)10-4-2-1-3-7-24-17-6-5-16(13-18(17)25-32)26-11-8-23-9-12-26/h5-6,13,19-24,28-31H,1-4,7-12,14-15H2/t19-,20+,21-,22-/m1/s1. The molecule has 0 saturated carbocycles. The number of rotatable bonds is 11. The third-order valence-corrected chi connectivity index (χ3v) is 6.47. The first-order valence-electron chi connectivity index (χ1n) is 11.6. The van der Waals surface area contributed by atoms with Gasteiger partial charge in [-0.25, -0.2) is 0 Å². The van der Waals surface area contributed by atoms with E-state index in [9.17, 15) is 25.3 Å². The van der Waals surface area contributed by atoms with E-state index in [1.54, 1.807) is 0 Å². The summed E-state index contributed by atoms with van der Waals surface area (Å²) < 4.78 is 0. The third-order valence-electron chi connectivity index (χ3n) is 6.47. The van der Waals surface area contributed by atoms with E-state index in [4.69, 9.17) is 0 Å². The van der Waals surface area contributed by atoms with Gasteiger partial charge in [0.05, 0.1) is 24.4 Å². The molecule has 0 amide bonds. The van der Waals surface area contributed by atoms with Crippen molar-refractivity contribution in [1.82, 2.24) is 10.2 Å². The molecular weight excluding hydrogens is 414 g/mol. The van der Waals surface area contributed by atoms with Gasteiger partial charge in [-0.15, -0.1) is 4.91 Å². The van der Waals surface area contributed by atoms with E-state index in [0.717, 1.165) is 69.8 Å². The Balaban J connectivity index is 1.36. The molecule has 2 saturated heterocycles. The lowest BCUT2D eigenvalue weighted by Gasteiger charge is -2.43. The zero-order valence-electron chi connectivity index (χ0n) is 18.6. The first-order valence-corrected chi connectivity index (χ1v) is 11.6. The van der Waals surface area contributed by atoms with Crippen molar-refractivity contribution in [3.63, 3.8) is 0 Å². The van der Waals surface area contributed by atoms with Crippen molar-refractivity contribution in [2.45, 2.75) is 50.0 Å². The number of anilines is 2. The number of benzene rings is 1. The number of likely N-dealkylation sites (tertiary alicyclic amines) is 1. The minimum Gasteiger partial charge on any atom is -0.395 e. The Morgan fingerprint density at radius 2 is 1.81 bits per heavy atom. The largest absolute Gasteiger partial charge is 0.395 e. The zero-order valence-corrected chi connectivity index (χ0v) is 18.6. The molecule has 32 heavy (non-hydrogen) atoms. The van der Waals surface area contributed by atoms with E-state index >= 15 is 0 Å². The van der Waals surface area contributed by atoms with Crippen LogP contribution in [0.1, 0.15) is 25.7 Å². The van der Waals surface area contributed by atoms with Crippen molar-refractivity contribution in [2.24, 2.45) is 5.18 Å². The Kier molecular flexibility index (Phi) is 9.64. The van der Waals surface area contributed by atoms with Crippen LogP contribution in [-0.2, 0) is 0 Å². The van der Waals surface area contributed by atoms with Crippen LogP contribution in [0.4, 0.5) is 17.1 Å². The topological polar surface area (TPSA) is 141 Å². The number of hydrogen-bond donors (Lipinski definition) is 6. The maximum Gasteiger partial charge on any atom is 0.133 e. The fraction of sp³-hybridized carbons (Fsp3) is 0.727. The van der Waals surface area contributed by atoms with Crippen LogP contribution in [0.3, 0.4) is 0 Å². The van der Waals surface area contributed by atoms with Crippen LogP contribution in [-0.4, -0.2) is 102 Å². The average Bonchev–Trinajstić information content (AvgIpc) is 2.82. The Morgan fingerprint density at radius 3 is 2.53 bits per heavy atom. The van der Waals surface area contributed by atoms with Crippen LogP contribution in [0, 0.1) is 4.91 Å². The van der Waals surface area contributed by atoms with Crippen LogP contribution in [0.5, 0.6) is 0 Å². The van der Waals surface area contributed by atoms with E-state index in [0.29, 0.717) is 12.2 Å². The Labute approximate surface area is 189 Å². The quantitative estimate of drug-likeness (QED) is 0.206. The summed E-state index contributed by atoms with van der Waals surface area (Å²) in [5.41, 5.74) is 2.20. The molecule has 180 valence electrons. The first kappa shape index (κ1) is 24.8. The van der Waals surface area contributed by atoms with Crippen molar-refractivity contribution < 1.29 is 20.4 Å². The second-order valence-electron chi connectivity index (χ2n) is 8.66. The maximum absolute atomic E-state index is 11.3. The van der Waals surface area contributed by atoms with Gasteiger partial charge in [-0.05, 0) is 42.8 Å². The van der Waals surface area contributed by atoms with Crippen molar-refractivity contribution in [3.8, 4) is 0 Å². The number of β-amino-alcohol motifs (C(OH)–C–C–N with tert-alkyl or cyclic N) is 1. The summed E-state index contributed by atoms with van der Waals surface area (Å²) in [5, 5.41) is 49.0. The number of aliphatic hydroxyl groups is 4. The van der Waals surface area contributed by atoms with E-state index in [-0.39, 0.29) is 13.2 Å². The lowest BCUT2D eigenvalue weighted by Crippen LogP contribution is -2.62. The molecule has 0 aliphatic carbocycles. The minimum absolute atomic E-state index is 0.246. The van der Waals surface area contributed by atoms with Crippen molar-refractivity contribution in [2.75, 3.05) is 62.6 Å². The number of hydrogen-bond acceptors (Lipinski definition) is 10. The Hall–Kier alpha value is -1.82. The molecule has 2 heterocycles. The summed E-state index contributed by atoms with van der Waals surface area (Å²) >= 11 is 0. The molecule has 2 aliphatic heterocycles. The summed E-state index contributed by atoms with van der Waals surface area (Å²) in [5.74, 6) is 0. The summed E-state index contributed by atoms with van der Waals surface area (Å²) in [6, 6.07) is 5.24. The lowest BCUT2D eigenvalue weighted by molar-refractivity contribution is -0.145. The average molecular weight is 452 g/mol. The molecule has 10 nitrogen and oxygen atoms in total. The molecule has 0 aromatic heterocycles. The maximum atomic E-state index is 11.3. The smallest absolute Gasteiger partial charge is 0.133 e. The molecule has 4 atom stereocenters. The van der Waals surface area contributed by atoms with Gasteiger partial charge in [-0.1, -0.05) is 12.8 Å². The van der Waals surface area contributed by atoms with E-state index in [1.165, 1.54) is 0 Å². The van der Waals surface area contributed by atoms with Gasteiger partial charge in [0.2, 0.25) is 0 Å². The van der Waals surface area contributed by atoms with Crippen LogP contribution >= 0.6 is 0 Å². The number of nitrogens with one attached hydrogen (secondary N) is 2. The summed E-state index contributed by atoms with van der Waals surface area (Å²) in [6.07, 6.45) is 0.387. The zero-order chi connectivity index (χ0) is 22.9. The molecule has 3 rings (SSSR count). The Bertz CT molecular complexity index is 718. The second-order valence-corrected chi connectivity index (χ2v) is 8.66. The lowest BCUT2D eigenvalue weighted by atomic mass is 9.94. The van der Waals surface area contributed by atoms with Crippen molar-refractivity contribution >= 4 is 17.1 Å². The molecule has 0 spiro atoms. The van der Waals surface area contributed by atoms with Crippen molar-refractivity contribution in [3.05, 3.63) is 23.1 Å². The Morgan fingerprint density at radius 1 is 1.06 bits per heavy atom. The summed E-state index contributed by atoms with van der Waals surface area (Å²) in [7, 11) is 0. The van der Waals surface area contributed by atoms with Crippen LogP contribution < -0.4 is 15.5 Å². The van der Waals surface area contributed by atoms with Gasteiger partial charge in [0.15, 0.2) is 0 Å². The molecule has 10 heteroatoms. The molecule has 1 aromatic carbocycles. The number of piperazine rings is 1. The molecule has 1 aromatic rings. The number of unbranched alkanes of at least 4 members (excludes halogenated alkanes) is 3. The molecule has 0 unspecified atom stereocenters. The molecule has 2 aliphatic rings. The fourth-order valence-corrected chi connectivity index (χ4v) is 4.52. The monoisotopic (exact) mass is 451 g/mol. The predicted molar refractivity (Wildman–Crippen MR) is 124 cm³/mol. The number of piperidine rings is 1. The second kappa shape index (κ2) is 12.4. The van der Waals surface area contributed by atoms with Crippen LogP contribution in [0.2, 0.25) is 0 Å². The van der Waals surface area contributed by atoms with Crippen LogP contribution in [0.15, 0.2) is 23.4 Å². The van der Waals surface area contributed by atoms with Gasteiger partial charge in [-0.2, -0.15) is 0 Å². The number of nitrogens with zero attached hydrogens (tertiary/aromatic N) is 3. The summed E-state index contributed by atoms with van der Waals surface area (Å²) in [6.45, 7) is 5.08. The molecular formula is C22H37N5O5. The van der Waals surface area contributed by atoms with Gasteiger partial charge < -0.3 is 36.0 Å². The summed E-state index contributed by atoms with van der Waals surface area (Å²) in [4.78, 5) is 15.4. The van der Waals surface area contributed by atoms with E-state index in [2.05, 4.69) is 20.7 Å². The van der Waals surface area contributed by atoms with E-state index in [1.807, 2.05) is 23.1 Å². The van der Waals surface area contributed by atoms with Gasteiger partial charge in [0, 0.05) is 45.0 Å². The first-order chi connectivity index (χ1) is 15.5. The normalized spacial score (nSPS) is 26.8. The molecule has 0 bridgehead atoms. The van der Waals surface area contributed by atoms with Crippen molar-refractivity contribution in [1.29, 1.82) is 0 Å². The highest BCUT2D eigenvalue weighted by atomic mass is 16.4. The molecule has 2 fully saturated rings. The third kappa shape index (κ3) is 6.37. The number of nitroso groups, excluding NO2 is 1. The van der Waals surface area contributed by atoms with Gasteiger partial charge in [0.25, 0.3) is 0 Å². The van der Waals surface area contributed by atoms with Gasteiger partial charge in [0.1, 0.15) is 17.9 Å². The molecule has 0 radical (unpaired) electrons. The molecule has 6 N–H and O–H groups in total. The van der Waals surface area contributed by atoms with Crippen LogP contribution in [0.25, 0.3) is 0 Å². The van der Waals surface area contributed by atoms with Gasteiger partial charge >= 0.3 is 0 Å².